The van der Waals surface area contributed by atoms with Crippen LogP contribution >= 0.6 is 34.4 Å². The predicted molar refractivity (Wildman–Crippen MR) is 123 cm³/mol. The molecular weight excluding hydrogens is 456 g/mol. The van der Waals surface area contributed by atoms with E-state index in [9.17, 15) is 9.59 Å². The molecule has 0 atom stereocenters. The van der Waals surface area contributed by atoms with Crippen molar-refractivity contribution in [1.29, 1.82) is 0 Å². The lowest BCUT2D eigenvalue weighted by Crippen LogP contribution is -2.38. The number of thioether (sulfide) groups is 1. The number of rotatable bonds is 8. The van der Waals surface area contributed by atoms with Crippen LogP contribution in [-0.4, -0.2) is 52.4 Å². The number of hydrogen-bond acceptors (Lipinski definition) is 10. The fraction of sp³-hybridized carbons (Fsp3) is 0.421. The smallest absolute Gasteiger partial charge is 0.255 e. The number of nitrogens with zero attached hydrogens (tertiary/aromatic N) is 4. The van der Waals surface area contributed by atoms with E-state index in [-0.39, 0.29) is 17.9 Å². The molecule has 1 fully saturated rings. The van der Waals surface area contributed by atoms with Gasteiger partial charge in [-0.25, -0.2) is 4.98 Å². The Morgan fingerprint density at radius 1 is 1.35 bits per heavy atom. The van der Waals surface area contributed by atoms with Gasteiger partial charge in [-0.2, -0.15) is 0 Å². The second kappa shape index (κ2) is 10.4. The van der Waals surface area contributed by atoms with Crippen molar-refractivity contribution in [2.45, 2.75) is 29.9 Å². The van der Waals surface area contributed by atoms with Crippen molar-refractivity contribution in [3.05, 3.63) is 44.0 Å². The monoisotopic (exact) mass is 478 g/mol. The molecule has 0 aromatic carbocycles. The molecule has 1 saturated heterocycles. The van der Waals surface area contributed by atoms with E-state index in [4.69, 9.17) is 4.74 Å². The molecule has 12 heteroatoms. The molecule has 1 amide bonds. The molecule has 2 N–H and O–H groups in total. The number of morpholine rings is 1. The lowest BCUT2D eigenvalue weighted by molar-refractivity contribution is -0.116. The number of aromatic nitrogens is 4. The third-order valence-corrected chi connectivity index (χ3v) is 7.77. The maximum atomic E-state index is 12.5. The maximum absolute atomic E-state index is 12.5. The topological polar surface area (TPSA) is 113 Å². The highest BCUT2D eigenvalue weighted by Crippen LogP contribution is 2.29. The van der Waals surface area contributed by atoms with Crippen molar-refractivity contribution in [2.24, 2.45) is 0 Å². The third kappa shape index (κ3) is 5.91. The van der Waals surface area contributed by atoms with Gasteiger partial charge in [-0.15, -0.1) is 21.5 Å². The summed E-state index contributed by atoms with van der Waals surface area (Å²) in [5, 5.41) is 13.4. The normalized spacial score (nSPS) is 14.0. The fourth-order valence-electron chi connectivity index (χ4n) is 3.08. The lowest BCUT2D eigenvalue weighted by atomic mass is 10.1. The van der Waals surface area contributed by atoms with Crippen LogP contribution in [0.1, 0.15) is 22.6 Å². The van der Waals surface area contributed by atoms with Crippen molar-refractivity contribution >= 4 is 51.4 Å². The van der Waals surface area contributed by atoms with Crippen molar-refractivity contribution < 1.29 is 9.53 Å². The van der Waals surface area contributed by atoms with Crippen molar-refractivity contribution in [2.75, 3.05) is 36.5 Å². The molecule has 0 saturated carbocycles. The van der Waals surface area contributed by atoms with Gasteiger partial charge >= 0.3 is 0 Å². The first kappa shape index (κ1) is 21.9. The van der Waals surface area contributed by atoms with Crippen molar-refractivity contribution in [1.82, 2.24) is 20.2 Å². The Hall–Kier alpha value is -2.28. The molecule has 0 radical (unpaired) electrons. The number of carbonyl (C=O) groups is 1. The van der Waals surface area contributed by atoms with E-state index in [0.29, 0.717) is 55.1 Å². The minimum Gasteiger partial charge on any atom is -0.378 e. The molecule has 3 aromatic rings. The van der Waals surface area contributed by atoms with Gasteiger partial charge in [0.25, 0.3) is 5.56 Å². The first-order valence-corrected chi connectivity index (χ1v) is 12.5. The Morgan fingerprint density at radius 3 is 2.94 bits per heavy atom. The standard InChI is InChI=1S/C19H22N6O3S3/c1-12-14(16(27)22-17(20-12)25-6-8-28-9-7-25)4-5-15(26)21-18-23-24-19(31-18)30-11-13-3-2-10-29-13/h2-3,10H,4-9,11H2,1H3,(H,20,22,27)(H,21,23,26). The molecule has 31 heavy (non-hydrogen) atoms. The highest BCUT2D eigenvalue weighted by Gasteiger charge is 2.17. The first-order valence-electron chi connectivity index (χ1n) is 9.79. The van der Waals surface area contributed by atoms with E-state index in [0.717, 1.165) is 10.1 Å². The van der Waals surface area contributed by atoms with Gasteiger partial charge in [0.2, 0.25) is 17.0 Å². The van der Waals surface area contributed by atoms with Crippen LogP contribution in [-0.2, 0) is 21.7 Å². The number of aromatic amines is 1. The summed E-state index contributed by atoms with van der Waals surface area (Å²) < 4.78 is 6.14. The number of anilines is 2. The van der Waals surface area contributed by atoms with Crippen LogP contribution in [0, 0.1) is 6.92 Å². The first-order chi connectivity index (χ1) is 15.1. The quantitative estimate of drug-likeness (QED) is 0.375. The van der Waals surface area contributed by atoms with E-state index >= 15 is 0 Å². The van der Waals surface area contributed by atoms with Gasteiger partial charge in [-0.3, -0.25) is 14.6 Å². The van der Waals surface area contributed by atoms with Crippen LogP contribution in [0.5, 0.6) is 0 Å². The second-order valence-corrected chi connectivity index (χ2v) is 10.1. The van der Waals surface area contributed by atoms with E-state index in [1.54, 1.807) is 30.0 Å². The van der Waals surface area contributed by atoms with Gasteiger partial charge in [0.1, 0.15) is 0 Å². The van der Waals surface area contributed by atoms with Crippen LogP contribution in [0.2, 0.25) is 0 Å². The number of aryl methyl sites for hydroxylation is 1. The fourth-order valence-corrected chi connectivity index (χ4v) is 5.62. The summed E-state index contributed by atoms with van der Waals surface area (Å²) in [5.74, 6) is 1.18. The molecule has 0 bridgehead atoms. The average molecular weight is 479 g/mol. The predicted octanol–water partition coefficient (Wildman–Crippen LogP) is 2.69. The molecule has 164 valence electrons. The molecular formula is C19H22N6O3S3. The van der Waals surface area contributed by atoms with Crippen LogP contribution in [0.3, 0.4) is 0 Å². The van der Waals surface area contributed by atoms with Gasteiger partial charge in [0.15, 0.2) is 4.34 Å². The zero-order chi connectivity index (χ0) is 21.6. The second-order valence-electron chi connectivity index (χ2n) is 6.84. The molecule has 4 rings (SSSR count). The van der Waals surface area contributed by atoms with E-state index < -0.39 is 0 Å². The largest absolute Gasteiger partial charge is 0.378 e. The molecule has 3 aromatic heterocycles. The number of thiophene rings is 1. The molecule has 0 aliphatic carbocycles. The van der Waals surface area contributed by atoms with E-state index in [1.165, 1.54) is 16.2 Å². The summed E-state index contributed by atoms with van der Waals surface area (Å²) in [6.07, 6.45) is 0.474. The number of amides is 1. The Kier molecular flexibility index (Phi) is 7.33. The Labute approximate surface area is 191 Å². The maximum Gasteiger partial charge on any atom is 0.255 e. The summed E-state index contributed by atoms with van der Waals surface area (Å²) in [6.45, 7) is 4.42. The molecule has 4 heterocycles. The SMILES string of the molecule is Cc1nc(N2CCOCC2)[nH]c(=O)c1CCC(=O)Nc1nnc(SCc2cccs2)s1. The Balaban J connectivity index is 1.30. The lowest BCUT2D eigenvalue weighted by Gasteiger charge is -2.27. The van der Waals surface area contributed by atoms with Crippen LogP contribution in [0.4, 0.5) is 11.1 Å². The summed E-state index contributed by atoms with van der Waals surface area (Å²) in [6, 6.07) is 4.10. The molecule has 1 aliphatic heterocycles. The molecule has 0 spiro atoms. The van der Waals surface area contributed by atoms with Crippen LogP contribution in [0.15, 0.2) is 26.6 Å². The van der Waals surface area contributed by atoms with E-state index in [2.05, 4.69) is 31.5 Å². The number of carbonyl (C=O) groups excluding carboxylic acids is 1. The summed E-state index contributed by atoms with van der Waals surface area (Å²) in [5.41, 5.74) is 0.961. The number of H-pyrrole nitrogens is 1. The van der Waals surface area contributed by atoms with Gasteiger partial charge < -0.3 is 15.0 Å². The molecule has 1 aliphatic rings. The highest BCUT2D eigenvalue weighted by atomic mass is 32.2. The average Bonchev–Trinajstić information content (AvgIpc) is 3.44. The van der Waals surface area contributed by atoms with Crippen LogP contribution < -0.4 is 15.8 Å². The number of nitrogens with one attached hydrogen (secondary N) is 2. The minimum absolute atomic E-state index is 0.166. The molecule has 0 unspecified atom stereocenters. The zero-order valence-electron chi connectivity index (χ0n) is 16.9. The zero-order valence-corrected chi connectivity index (χ0v) is 19.4. The number of hydrogen-bond donors (Lipinski definition) is 2. The minimum atomic E-state index is -0.206. The van der Waals surface area contributed by atoms with Crippen molar-refractivity contribution in [3.8, 4) is 0 Å². The van der Waals surface area contributed by atoms with Gasteiger partial charge in [-0.05, 0) is 24.8 Å². The molecule has 9 nitrogen and oxygen atoms in total. The summed E-state index contributed by atoms with van der Waals surface area (Å²) >= 11 is 4.64. The van der Waals surface area contributed by atoms with Gasteiger partial charge in [0.05, 0.1) is 13.2 Å². The van der Waals surface area contributed by atoms with Crippen molar-refractivity contribution in [3.63, 3.8) is 0 Å². The van der Waals surface area contributed by atoms with Gasteiger partial charge in [0, 0.05) is 41.4 Å². The third-order valence-electron chi connectivity index (χ3n) is 4.69. The Bertz CT molecular complexity index is 1080. The van der Waals surface area contributed by atoms with Crippen LogP contribution in [0.25, 0.3) is 0 Å². The number of ether oxygens (including phenoxy) is 1. The van der Waals surface area contributed by atoms with E-state index in [1.807, 2.05) is 16.3 Å². The Morgan fingerprint density at radius 2 is 2.19 bits per heavy atom. The summed E-state index contributed by atoms with van der Waals surface area (Å²) in [4.78, 5) is 35.5. The summed E-state index contributed by atoms with van der Waals surface area (Å²) in [7, 11) is 0. The van der Waals surface area contributed by atoms with Gasteiger partial charge in [-0.1, -0.05) is 29.2 Å². The highest BCUT2D eigenvalue weighted by molar-refractivity contribution is 8.00.